The van der Waals surface area contributed by atoms with Crippen LogP contribution in [0.15, 0.2) is 41.4 Å². The lowest BCUT2D eigenvalue weighted by Gasteiger charge is -2.06. The van der Waals surface area contributed by atoms with Gasteiger partial charge in [-0.2, -0.15) is 10.2 Å². The van der Waals surface area contributed by atoms with E-state index in [1.807, 2.05) is 0 Å². The Balaban J connectivity index is 1.57. The van der Waals surface area contributed by atoms with Crippen LogP contribution in [0, 0.1) is 10.1 Å². The fraction of sp³-hybridized carbons (Fsp3) is 0.250. The Morgan fingerprint density at radius 1 is 1.36 bits per heavy atom. The first-order chi connectivity index (χ1) is 13.4. The standard InChI is InChI=1S/C16H17N7O5/c1-21-10-13(15(20-21)16(25)17-8-12-3-2-6-28-12)19-14(24)4-5-22-9-11(7-18-22)23(26)27/h2-3,6-7,9-10H,4-5,8H2,1H3,(H,17,25)(H,19,24). The van der Waals surface area contributed by atoms with E-state index in [9.17, 15) is 19.7 Å². The Morgan fingerprint density at radius 3 is 2.86 bits per heavy atom. The largest absolute Gasteiger partial charge is 0.467 e. The fourth-order valence-corrected chi connectivity index (χ4v) is 2.41. The minimum absolute atomic E-state index is 0.0151. The summed E-state index contributed by atoms with van der Waals surface area (Å²) in [6, 6.07) is 3.43. The minimum atomic E-state index is -0.563. The number of furan rings is 1. The number of aryl methyl sites for hydroxylation is 2. The Labute approximate surface area is 158 Å². The summed E-state index contributed by atoms with van der Waals surface area (Å²) in [7, 11) is 1.63. The van der Waals surface area contributed by atoms with Crippen LogP contribution in [0.3, 0.4) is 0 Å². The summed E-state index contributed by atoms with van der Waals surface area (Å²) in [6.45, 7) is 0.341. The summed E-state index contributed by atoms with van der Waals surface area (Å²) in [4.78, 5) is 34.6. The molecule has 0 aliphatic carbocycles. The number of rotatable bonds is 8. The summed E-state index contributed by atoms with van der Waals surface area (Å²) >= 11 is 0. The molecule has 0 saturated carbocycles. The third-order valence-electron chi connectivity index (χ3n) is 3.72. The van der Waals surface area contributed by atoms with Crippen LogP contribution in [-0.2, 0) is 24.9 Å². The molecule has 2 N–H and O–H groups in total. The van der Waals surface area contributed by atoms with Crippen molar-refractivity contribution < 1.29 is 18.9 Å². The van der Waals surface area contributed by atoms with E-state index in [1.54, 1.807) is 19.2 Å². The molecular weight excluding hydrogens is 370 g/mol. The van der Waals surface area contributed by atoms with Gasteiger partial charge in [0.15, 0.2) is 5.69 Å². The Bertz CT molecular complexity index is 989. The van der Waals surface area contributed by atoms with Gasteiger partial charge in [-0.25, -0.2) is 0 Å². The maximum absolute atomic E-state index is 12.3. The summed E-state index contributed by atoms with van der Waals surface area (Å²) in [5, 5.41) is 23.8. The number of carbonyl (C=O) groups excluding carboxylic acids is 2. The number of anilines is 1. The van der Waals surface area contributed by atoms with Crippen molar-refractivity contribution in [2.75, 3.05) is 5.32 Å². The number of hydrogen-bond donors (Lipinski definition) is 2. The predicted molar refractivity (Wildman–Crippen MR) is 95.2 cm³/mol. The van der Waals surface area contributed by atoms with Gasteiger partial charge in [-0.3, -0.25) is 29.1 Å². The van der Waals surface area contributed by atoms with Gasteiger partial charge in [0.05, 0.1) is 23.4 Å². The predicted octanol–water partition coefficient (Wildman–Crippen LogP) is 1.08. The molecule has 0 aliphatic heterocycles. The van der Waals surface area contributed by atoms with Gasteiger partial charge >= 0.3 is 5.69 Å². The average Bonchev–Trinajstić information content (AvgIpc) is 3.39. The Hall–Kier alpha value is -3.96. The van der Waals surface area contributed by atoms with Crippen molar-refractivity contribution in [2.24, 2.45) is 7.05 Å². The molecule has 12 heteroatoms. The van der Waals surface area contributed by atoms with Crippen molar-refractivity contribution >= 4 is 23.2 Å². The first-order valence-corrected chi connectivity index (χ1v) is 8.23. The fourth-order valence-electron chi connectivity index (χ4n) is 2.41. The highest BCUT2D eigenvalue weighted by Crippen LogP contribution is 2.14. The van der Waals surface area contributed by atoms with Crippen LogP contribution in [0.25, 0.3) is 0 Å². The van der Waals surface area contributed by atoms with Gasteiger partial charge in [0.25, 0.3) is 5.91 Å². The zero-order chi connectivity index (χ0) is 20.1. The van der Waals surface area contributed by atoms with Gasteiger partial charge < -0.3 is 15.1 Å². The summed E-state index contributed by atoms with van der Waals surface area (Å²) in [5.41, 5.74) is 0.177. The van der Waals surface area contributed by atoms with Crippen LogP contribution in [0.5, 0.6) is 0 Å². The van der Waals surface area contributed by atoms with Crippen molar-refractivity contribution in [3.8, 4) is 0 Å². The van der Waals surface area contributed by atoms with Crippen LogP contribution in [0.2, 0.25) is 0 Å². The summed E-state index contributed by atoms with van der Waals surface area (Å²) in [5.74, 6) is -0.260. The number of nitrogens with one attached hydrogen (secondary N) is 2. The maximum Gasteiger partial charge on any atom is 0.306 e. The molecule has 3 rings (SSSR count). The minimum Gasteiger partial charge on any atom is -0.467 e. The summed E-state index contributed by atoms with van der Waals surface area (Å²) < 4.78 is 7.86. The molecule has 0 radical (unpaired) electrons. The third-order valence-corrected chi connectivity index (χ3v) is 3.72. The molecule has 146 valence electrons. The average molecular weight is 387 g/mol. The van der Waals surface area contributed by atoms with E-state index >= 15 is 0 Å². The van der Waals surface area contributed by atoms with E-state index in [4.69, 9.17) is 4.42 Å². The molecule has 0 unspecified atom stereocenters. The zero-order valence-electron chi connectivity index (χ0n) is 14.9. The number of nitro groups is 1. The lowest BCUT2D eigenvalue weighted by atomic mass is 10.3. The molecule has 3 heterocycles. The Kier molecular flexibility index (Phi) is 5.48. The van der Waals surface area contributed by atoms with Crippen molar-refractivity contribution in [3.63, 3.8) is 0 Å². The highest BCUT2D eigenvalue weighted by atomic mass is 16.6. The van der Waals surface area contributed by atoms with Crippen molar-refractivity contribution in [2.45, 2.75) is 19.5 Å². The SMILES string of the molecule is Cn1cc(NC(=O)CCn2cc([N+](=O)[O-])cn2)c(C(=O)NCc2ccco2)n1. The van der Waals surface area contributed by atoms with Crippen LogP contribution in [-0.4, -0.2) is 36.3 Å². The monoisotopic (exact) mass is 387 g/mol. The van der Waals surface area contributed by atoms with E-state index in [2.05, 4.69) is 20.8 Å². The van der Waals surface area contributed by atoms with Gasteiger partial charge in [-0.15, -0.1) is 0 Å². The van der Waals surface area contributed by atoms with Gasteiger partial charge in [-0.1, -0.05) is 0 Å². The van der Waals surface area contributed by atoms with E-state index < -0.39 is 10.8 Å². The molecule has 0 spiro atoms. The van der Waals surface area contributed by atoms with Gasteiger partial charge in [0, 0.05) is 26.2 Å². The molecular formula is C16H17N7O5. The first kappa shape index (κ1) is 18.8. The van der Waals surface area contributed by atoms with Crippen LogP contribution in [0.1, 0.15) is 22.7 Å². The number of hydrogen-bond acceptors (Lipinski definition) is 7. The molecule has 0 atom stereocenters. The molecule has 3 aromatic rings. The normalized spacial score (nSPS) is 10.6. The zero-order valence-corrected chi connectivity index (χ0v) is 14.9. The van der Waals surface area contributed by atoms with Crippen LogP contribution < -0.4 is 10.6 Å². The highest BCUT2D eigenvalue weighted by molar-refractivity contribution is 6.02. The molecule has 0 aliphatic rings. The summed E-state index contributed by atoms with van der Waals surface area (Å²) in [6.07, 6.45) is 5.38. The highest BCUT2D eigenvalue weighted by Gasteiger charge is 2.18. The van der Waals surface area contributed by atoms with Crippen molar-refractivity contribution in [3.05, 3.63) is 58.6 Å². The molecule has 3 aromatic heterocycles. The smallest absolute Gasteiger partial charge is 0.306 e. The second kappa shape index (κ2) is 8.16. The third kappa shape index (κ3) is 4.60. The van der Waals surface area contributed by atoms with Crippen LogP contribution >= 0.6 is 0 Å². The molecule has 0 saturated heterocycles. The van der Waals surface area contributed by atoms with Crippen molar-refractivity contribution in [1.29, 1.82) is 0 Å². The van der Waals surface area contributed by atoms with E-state index in [0.717, 1.165) is 6.20 Å². The number of nitrogens with zero attached hydrogens (tertiary/aromatic N) is 5. The number of aromatic nitrogens is 4. The quantitative estimate of drug-likeness (QED) is 0.433. The molecule has 0 aromatic carbocycles. The van der Waals surface area contributed by atoms with Gasteiger partial charge in [0.1, 0.15) is 18.2 Å². The topological polar surface area (TPSA) is 150 Å². The van der Waals surface area contributed by atoms with Crippen LogP contribution in [0.4, 0.5) is 11.4 Å². The molecule has 12 nitrogen and oxygen atoms in total. The number of amides is 2. The lowest BCUT2D eigenvalue weighted by molar-refractivity contribution is -0.385. The molecule has 28 heavy (non-hydrogen) atoms. The van der Waals surface area contributed by atoms with E-state index in [0.29, 0.717) is 5.76 Å². The maximum atomic E-state index is 12.3. The molecule has 0 bridgehead atoms. The molecule has 2 amide bonds. The van der Waals surface area contributed by atoms with Gasteiger partial charge in [0.2, 0.25) is 5.91 Å². The van der Waals surface area contributed by atoms with Crippen molar-refractivity contribution in [1.82, 2.24) is 24.9 Å². The molecule has 0 fully saturated rings. The van der Waals surface area contributed by atoms with E-state index in [1.165, 1.54) is 28.0 Å². The van der Waals surface area contributed by atoms with E-state index in [-0.39, 0.29) is 42.5 Å². The number of carbonyl (C=O) groups is 2. The second-order valence-corrected chi connectivity index (χ2v) is 5.84. The first-order valence-electron chi connectivity index (χ1n) is 8.23. The second-order valence-electron chi connectivity index (χ2n) is 5.84. The van der Waals surface area contributed by atoms with Gasteiger partial charge in [-0.05, 0) is 12.1 Å². The lowest BCUT2D eigenvalue weighted by Crippen LogP contribution is -2.25. The Morgan fingerprint density at radius 2 is 2.18 bits per heavy atom.